The van der Waals surface area contributed by atoms with Crippen molar-refractivity contribution in [1.29, 1.82) is 0 Å². The summed E-state index contributed by atoms with van der Waals surface area (Å²) in [6.07, 6.45) is 1.08. The highest BCUT2D eigenvalue weighted by Crippen LogP contribution is 2.36. The van der Waals surface area contributed by atoms with Gasteiger partial charge in [0.1, 0.15) is 17.5 Å². The number of nitrogens with zero attached hydrogens (tertiary/aromatic N) is 3. The Bertz CT molecular complexity index is 636. The van der Waals surface area contributed by atoms with Crippen molar-refractivity contribution in [2.24, 2.45) is 0 Å². The van der Waals surface area contributed by atoms with Crippen LogP contribution in [0.2, 0.25) is 0 Å². The zero-order valence-electron chi connectivity index (χ0n) is 12.3. The van der Waals surface area contributed by atoms with Crippen LogP contribution in [-0.2, 0) is 6.42 Å². The van der Waals surface area contributed by atoms with Gasteiger partial charge in [-0.1, -0.05) is 18.2 Å². The third-order valence-corrected chi connectivity index (χ3v) is 3.72. The zero-order chi connectivity index (χ0) is 14.1. The van der Waals surface area contributed by atoms with Crippen molar-refractivity contribution in [1.82, 2.24) is 9.97 Å². The molecule has 1 N–H and O–H groups in total. The van der Waals surface area contributed by atoms with E-state index in [-0.39, 0.29) is 0 Å². The molecule has 0 atom stereocenters. The fourth-order valence-corrected chi connectivity index (χ4v) is 2.77. The van der Waals surface area contributed by atoms with Crippen LogP contribution in [0.25, 0.3) is 0 Å². The highest BCUT2D eigenvalue weighted by Gasteiger charge is 2.23. The molecule has 0 bridgehead atoms. The van der Waals surface area contributed by atoms with Gasteiger partial charge in [-0.3, -0.25) is 0 Å². The summed E-state index contributed by atoms with van der Waals surface area (Å²) in [4.78, 5) is 11.5. The first kappa shape index (κ1) is 12.9. The van der Waals surface area contributed by atoms with Crippen LogP contribution in [-0.4, -0.2) is 23.1 Å². The van der Waals surface area contributed by atoms with Crippen molar-refractivity contribution in [3.63, 3.8) is 0 Å². The normalized spacial score (nSPS) is 13.4. The van der Waals surface area contributed by atoms with Gasteiger partial charge in [-0.05, 0) is 38.8 Å². The van der Waals surface area contributed by atoms with Crippen LogP contribution in [0.3, 0.4) is 0 Å². The lowest BCUT2D eigenvalue weighted by atomic mass is 10.2. The van der Waals surface area contributed by atoms with E-state index in [0.29, 0.717) is 0 Å². The molecule has 0 saturated heterocycles. The van der Waals surface area contributed by atoms with Gasteiger partial charge >= 0.3 is 0 Å². The Balaban J connectivity index is 2.07. The summed E-state index contributed by atoms with van der Waals surface area (Å²) in [5.74, 6) is 2.78. The number of aromatic nitrogens is 2. The minimum atomic E-state index is 0.811. The Morgan fingerprint density at radius 2 is 2.00 bits per heavy atom. The van der Waals surface area contributed by atoms with Gasteiger partial charge in [-0.25, -0.2) is 9.97 Å². The van der Waals surface area contributed by atoms with Crippen LogP contribution in [0.5, 0.6) is 0 Å². The molecule has 0 spiro atoms. The SMILES string of the molecule is CCNc1nc(C)nc(N2CCc3ccccc32)c1C. The van der Waals surface area contributed by atoms with E-state index in [1.807, 2.05) is 6.92 Å². The van der Waals surface area contributed by atoms with Crippen molar-refractivity contribution >= 4 is 17.3 Å². The molecular formula is C16H20N4. The van der Waals surface area contributed by atoms with Crippen molar-refractivity contribution in [2.45, 2.75) is 27.2 Å². The van der Waals surface area contributed by atoms with E-state index in [1.54, 1.807) is 0 Å². The van der Waals surface area contributed by atoms with Gasteiger partial charge in [-0.2, -0.15) is 0 Å². The summed E-state index contributed by atoms with van der Waals surface area (Å²) < 4.78 is 0. The molecule has 3 rings (SSSR count). The number of nitrogens with one attached hydrogen (secondary N) is 1. The van der Waals surface area contributed by atoms with E-state index in [2.05, 4.69) is 58.3 Å². The second-order valence-corrected chi connectivity index (χ2v) is 5.13. The molecule has 2 heterocycles. The van der Waals surface area contributed by atoms with Crippen LogP contribution in [0.4, 0.5) is 17.3 Å². The number of fused-ring (bicyclic) bond motifs is 1. The highest BCUT2D eigenvalue weighted by atomic mass is 15.2. The van der Waals surface area contributed by atoms with Crippen LogP contribution >= 0.6 is 0 Å². The standard InChI is InChI=1S/C16H20N4/c1-4-17-15-11(2)16(19-12(3)18-15)20-10-9-13-7-5-6-8-14(13)20/h5-8H,4,9-10H2,1-3H3,(H,17,18,19). The summed E-state index contributed by atoms with van der Waals surface area (Å²) in [5, 5.41) is 3.33. The number of aryl methyl sites for hydroxylation is 1. The van der Waals surface area contributed by atoms with E-state index in [4.69, 9.17) is 0 Å². The molecule has 0 fully saturated rings. The Labute approximate surface area is 119 Å². The first-order valence-corrected chi connectivity index (χ1v) is 7.15. The first-order chi connectivity index (χ1) is 9.70. The maximum Gasteiger partial charge on any atom is 0.141 e. The van der Waals surface area contributed by atoms with Crippen molar-refractivity contribution in [2.75, 3.05) is 23.3 Å². The van der Waals surface area contributed by atoms with E-state index < -0.39 is 0 Å². The fraction of sp³-hybridized carbons (Fsp3) is 0.375. The Morgan fingerprint density at radius 3 is 2.80 bits per heavy atom. The van der Waals surface area contributed by atoms with E-state index >= 15 is 0 Å². The van der Waals surface area contributed by atoms with Crippen molar-refractivity contribution in [3.05, 3.63) is 41.2 Å². The number of hydrogen-bond donors (Lipinski definition) is 1. The molecule has 20 heavy (non-hydrogen) atoms. The van der Waals surface area contributed by atoms with Gasteiger partial charge in [0.05, 0.1) is 0 Å². The van der Waals surface area contributed by atoms with Crippen LogP contribution in [0, 0.1) is 13.8 Å². The maximum atomic E-state index is 4.67. The van der Waals surface area contributed by atoms with Crippen LogP contribution in [0.15, 0.2) is 24.3 Å². The lowest BCUT2D eigenvalue weighted by Crippen LogP contribution is -2.18. The second kappa shape index (κ2) is 5.12. The van der Waals surface area contributed by atoms with E-state index in [9.17, 15) is 0 Å². The number of anilines is 3. The lowest BCUT2D eigenvalue weighted by Gasteiger charge is -2.22. The molecule has 0 unspecified atom stereocenters. The van der Waals surface area contributed by atoms with Gasteiger partial charge in [-0.15, -0.1) is 0 Å². The molecule has 1 aliphatic rings. The van der Waals surface area contributed by atoms with Gasteiger partial charge < -0.3 is 10.2 Å². The minimum Gasteiger partial charge on any atom is -0.370 e. The first-order valence-electron chi connectivity index (χ1n) is 7.15. The van der Waals surface area contributed by atoms with E-state index in [0.717, 1.165) is 42.5 Å². The lowest BCUT2D eigenvalue weighted by molar-refractivity contribution is 0.930. The third-order valence-electron chi connectivity index (χ3n) is 3.72. The van der Waals surface area contributed by atoms with E-state index in [1.165, 1.54) is 11.3 Å². The predicted octanol–water partition coefficient (Wildman–Crippen LogP) is 3.22. The molecular weight excluding hydrogens is 248 g/mol. The van der Waals surface area contributed by atoms with Gasteiger partial charge in [0.2, 0.25) is 0 Å². The number of benzene rings is 1. The molecule has 2 aromatic rings. The van der Waals surface area contributed by atoms with Crippen molar-refractivity contribution in [3.8, 4) is 0 Å². The molecule has 0 radical (unpaired) electrons. The monoisotopic (exact) mass is 268 g/mol. The Kier molecular flexibility index (Phi) is 3.30. The van der Waals surface area contributed by atoms with Crippen LogP contribution < -0.4 is 10.2 Å². The van der Waals surface area contributed by atoms with Gasteiger partial charge in [0.15, 0.2) is 0 Å². The molecule has 1 aromatic carbocycles. The topological polar surface area (TPSA) is 41.1 Å². The molecule has 104 valence electrons. The average molecular weight is 268 g/mol. The predicted molar refractivity (Wildman–Crippen MR) is 82.8 cm³/mol. The average Bonchev–Trinajstić information content (AvgIpc) is 2.86. The summed E-state index contributed by atoms with van der Waals surface area (Å²) in [6.45, 7) is 7.98. The summed E-state index contributed by atoms with van der Waals surface area (Å²) >= 11 is 0. The van der Waals surface area contributed by atoms with Gasteiger partial charge in [0.25, 0.3) is 0 Å². The quantitative estimate of drug-likeness (QED) is 0.928. The Hall–Kier alpha value is -2.10. The second-order valence-electron chi connectivity index (χ2n) is 5.13. The molecule has 4 heteroatoms. The Morgan fingerprint density at radius 1 is 1.20 bits per heavy atom. The summed E-state index contributed by atoms with van der Waals surface area (Å²) in [6, 6.07) is 8.56. The molecule has 1 aromatic heterocycles. The fourth-order valence-electron chi connectivity index (χ4n) is 2.77. The minimum absolute atomic E-state index is 0.811. The number of para-hydroxylation sites is 1. The van der Waals surface area contributed by atoms with Gasteiger partial charge in [0, 0.05) is 24.3 Å². The van der Waals surface area contributed by atoms with Crippen LogP contribution in [0.1, 0.15) is 23.9 Å². The number of hydrogen-bond acceptors (Lipinski definition) is 4. The smallest absolute Gasteiger partial charge is 0.141 e. The maximum absolute atomic E-state index is 4.67. The summed E-state index contributed by atoms with van der Waals surface area (Å²) in [7, 11) is 0. The van der Waals surface area contributed by atoms with Crippen molar-refractivity contribution < 1.29 is 0 Å². The number of rotatable bonds is 3. The molecule has 0 amide bonds. The molecule has 1 aliphatic heterocycles. The molecule has 0 aliphatic carbocycles. The zero-order valence-corrected chi connectivity index (χ0v) is 12.3. The largest absolute Gasteiger partial charge is 0.370 e. The third kappa shape index (κ3) is 2.11. The summed E-state index contributed by atoms with van der Waals surface area (Å²) in [5.41, 5.74) is 3.79. The highest BCUT2D eigenvalue weighted by molar-refractivity contribution is 5.72. The molecule has 0 saturated carbocycles. The molecule has 4 nitrogen and oxygen atoms in total.